The van der Waals surface area contributed by atoms with Crippen LogP contribution in [0.4, 0.5) is 4.39 Å². The molecular formula is C19H27FN2O2S. The third-order valence-electron chi connectivity index (χ3n) is 4.31. The zero-order chi connectivity index (χ0) is 18.4. The summed E-state index contributed by atoms with van der Waals surface area (Å²) in [5, 5.41) is 2.91. The van der Waals surface area contributed by atoms with Crippen LogP contribution < -0.4 is 5.32 Å². The number of carbonyl (C=O) groups is 2. The molecule has 1 saturated heterocycles. The predicted octanol–water partition coefficient (Wildman–Crippen LogP) is 3.67. The highest BCUT2D eigenvalue weighted by Crippen LogP contribution is 2.35. The molecule has 1 fully saturated rings. The van der Waals surface area contributed by atoms with Crippen LogP contribution in [-0.4, -0.2) is 40.4 Å². The molecule has 2 amide bonds. The molecule has 1 aliphatic rings. The Labute approximate surface area is 153 Å². The highest BCUT2D eigenvalue weighted by molar-refractivity contribution is 8.00. The molecule has 0 spiro atoms. The van der Waals surface area contributed by atoms with E-state index in [0.29, 0.717) is 17.9 Å². The molecule has 0 radical (unpaired) electrons. The summed E-state index contributed by atoms with van der Waals surface area (Å²) < 4.78 is 13.1. The third-order valence-corrected chi connectivity index (χ3v) is 5.93. The Morgan fingerprint density at radius 2 is 1.96 bits per heavy atom. The normalized spacial score (nSPS) is 20.1. The lowest BCUT2D eigenvalue weighted by Crippen LogP contribution is -2.51. The molecule has 1 aliphatic heterocycles. The van der Waals surface area contributed by atoms with Gasteiger partial charge in [-0.2, -0.15) is 0 Å². The minimum absolute atomic E-state index is 0.0519. The smallest absolute Gasteiger partial charge is 0.255 e. The lowest BCUT2D eigenvalue weighted by molar-refractivity contribution is -0.124. The molecule has 0 aliphatic carbocycles. The molecule has 138 valence electrons. The van der Waals surface area contributed by atoms with E-state index in [9.17, 15) is 14.0 Å². The van der Waals surface area contributed by atoms with E-state index in [1.54, 1.807) is 16.7 Å². The van der Waals surface area contributed by atoms with Crippen LogP contribution >= 0.6 is 11.8 Å². The van der Waals surface area contributed by atoms with Crippen molar-refractivity contribution in [1.82, 2.24) is 10.2 Å². The van der Waals surface area contributed by atoms with Gasteiger partial charge in [0.25, 0.3) is 5.91 Å². The highest BCUT2D eigenvalue weighted by Gasteiger charge is 2.42. The van der Waals surface area contributed by atoms with Gasteiger partial charge in [-0.15, -0.1) is 11.8 Å². The van der Waals surface area contributed by atoms with Gasteiger partial charge in [-0.1, -0.05) is 33.6 Å². The van der Waals surface area contributed by atoms with E-state index in [1.165, 1.54) is 24.3 Å². The zero-order valence-electron chi connectivity index (χ0n) is 15.1. The quantitative estimate of drug-likeness (QED) is 0.749. The number of nitrogens with one attached hydrogen (secondary N) is 1. The molecule has 1 aromatic rings. The summed E-state index contributed by atoms with van der Waals surface area (Å²) in [4.78, 5) is 27.3. The number of rotatable bonds is 7. The number of thioether (sulfide) groups is 1. The maximum absolute atomic E-state index is 13.1. The van der Waals surface area contributed by atoms with Gasteiger partial charge in [-0.05, 0) is 36.6 Å². The first-order chi connectivity index (χ1) is 12.0. The van der Waals surface area contributed by atoms with Crippen LogP contribution in [0.1, 0.15) is 50.4 Å². The average molecular weight is 367 g/mol. The fourth-order valence-corrected chi connectivity index (χ4v) is 4.43. The summed E-state index contributed by atoms with van der Waals surface area (Å²) in [5.74, 6) is 0.139. The molecule has 1 N–H and O–H groups in total. The van der Waals surface area contributed by atoms with E-state index < -0.39 is 6.04 Å². The summed E-state index contributed by atoms with van der Waals surface area (Å²) in [6.45, 7) is 6.85. The van der Waals surface area contributed by atoms with Crippen LogP contribution in [0.15, 0.2) is 24.3 Å². The Morgan fingerprint density at radius 1 is 1.28 bits per heavy atom. The molecule has 25 heavy (non-hydrogen) atoms. The third kappa shape index (κ3) is 4.97. The maximum atomic E-state index is 13.1. The first kappa shape index (κ1) is 19.8. The van der Waals surface area contributed by atoms with Gasteiger partial charge in [-0.25, -0.2) is 4.39 Å². The van der Waals surface area contributed by atoms with Crippen molar-refractivity contribution < 1.29 is 14.0 Å². The van der Waals surface area contributed by atoms with Crippen molar-refractivity contribution >= 4 is 23.6 Å². The second-order valence-electron chi connectivity index (χ2n) is 6.70. The molecule has 6 heteroatoms. The molecular weight excluding hydrogens is 339 g/mol. The molecule has 0 unspecified atom stereocenters. The van der Waals surface area contributed by atoms with Crippen molar-refractivity contribution in [3.05, 3.63) is 35.6 Å². The van der Waals surface area contributed by atoms with Gasteiger partial charge in [0.1, 0.15) is 11.9 Å². The monoisotopic (exact) mass is 366 g/mol. The lowest BCUT2D eigenvalue weighted by atomic mass is 10.1. The number of benzene rings is 1. The lowest BCUT2D eigenvalue weighted by Gasteiger charge is -2.31. The van der Waals surface area contributed by atoms with Crippen LogP contribution in [0, 0.1) is 11.7 Å². The summed E-state index contributed by atoms with van der Waals surface area (Å²) in [6, 6.07) is 5.04. The Bertz CT molecular complexity index is 592. The summed E-state index contributed by atoms with van der Waals surface area (Å²) in [6.07, 6.45) is 3.12. The second kappa shape index (κ2) is 9.22. The van der Waals surface area contributed by atoms with Crippen LogP contribution in [-0.2, 0) is 4.79 Å². The van der Waals surface area contributed by atoms with Crippen molar-refractivity contribution in [3.63, 3.8) is 0 Å². The zero-order valence-corrected chi connectivity index (χ0v) is 15.9. The summed E-state index contributed by atoms with van der Waals surface area (Å²) >= 11 is 1.64. The second-order valence-corrected chi connectivity index (χ2v) is 7.85. The first-order valence-electron chi connectivity index (χ1n) is 8.93. The number of halogens is 1. The van der Waals surface area contributed by atoms with Crippen LogP contribution in [0.3, 0.4) is 0 Å². The minimum Gasteiger partial charge on any atom is -0.354 e. The van der Waals surface area contributed by atoms with Gasteiger partial charge >= 0.3 is 0 Å². The summed E-state index contributed by atoms with van der Waals surface area (Å²) in [7, 11) is 0. The highest BCUT2D eigenvalue weighted by atomic mass is 32.2. The molecule has 2 rings (SSSR count). The van der Waals surface area contributed by atoms with E-state index in [4.69, 9.17) is 0 Å². The SMILES string of the molecule is CCCCCNC(=O)[C@@H]1CS[C@H](C(C)C)N1C(=O)c1ccc(F)cc1. The van der Waals surface area contributed by atoms with E-state index in [0.717, 1.165) is 19.3 Å². The molecule has 0 aromatic heterocycles. The van der Waals surface area contributed by atoms with Gasteiger partial charge in [0, 0.05) is 17.9 Å². The van der Waals surface area contributed by atoms with Crippen molar-refractivity contribution in [2.24, 2.45) is 5.92 Å². The van der Waals surface area contributed by atoms with Gasteiger partial charge in [0.15, 0.2) is 0 Å². The van der Waals surface area contributed by atoms with Crippen LogP contribution in [0.5, 0.6) is 0 Å². The molecule has 0 saturated carbocycles. The Morgan fingerprint density at radius 3 is 2.56 bits per heavy atom. The van der Waals surface area contributed by atoms with E-state index >= 15 is 0 Å². The van der Waals surface area contributed by atoms with E-state index in [1.807, 2.05) is 13.8 Å². The number of hydrogen-bond acceptors (Lipinski definition) is 3. The van der Waals surface area contributed by atoms with Gasteiger partial charge in [0.05, 0.1) is 5.37 Å². The Hall–Kier alpha value is -1.56. The predicted molar refractivity (Wildman–Crippen MR) is 100.0 cm³/mol. The fourth-order valence-electron chi connectivity index (χ4n) is 2.95. The van der Waals surface area contributed by atoms with Gasteiger partial charge < -0.3 is 10.2 Å². The Balaban J connectivity index is 2.14. The maximum Gasteiger partial charge on any atom is 0.255 e. The van der Waals surface area contributed by atoms with E-state index in [-0.39, 0.29) is 28.9 Å². The van der Waals surface area contributed by atoms with Gasteiger partial charge in [-0.3, -0.25) is 9.59 Å². The number of hydrogen-bond donors (Lipinski definition) is 1. The molecule has 2 atom stereocenters. The molecule has 1 heterocycles. The largest absolute Gasteiger partial charge is 0.354 e. The van der Waals surface area contributed by atoms with Crippen molar-refractivity contribution in [3.8, 4) is 0 Å². The number of nitrogens with zero attached hydrogens (tertiary/aromatic N) is 1. The molecule has 4 nitrogen and oxygen atoms in total. The Kier molecular flexibility index (Phi) is 7.29. The van der Waals surface area contributed by atoms with Crippen LogP contribution in [0.25, 0.3) is 0 Å². The minimum atomic E-state index is -0.475. The molecule has 1 aromatic carbocycles. The topological polar surface area (TPSA) is 49.4 Å². The standard InChI is InChI=1S/C19H27FN2O2S/c1-4-5-6-11-21-17(23)16-12-25-19(13(2)3)22(16)18(24)14-7-9-15(20)10-8-14/h7-10,13,16,19H,4-6,11-12H2,1-3H3,(H,21,23)/t16-,19+/m0/s1. The van der Waals surface area contributed by atoms with Crippen molar-refractivity contribution in [2.45, 2.75) is 51.4 Å². The van der Waals surface area contributed by atoms with Crippen molar-refractivity contribution in [2.75, 3.05) is 12.3 Å². The van der Waals surface area contributed by atoms with Crippen molar-refractivity contribution in [1.29, 1.82) is 0 Å². The number of amides is 2. The molecule has 0 bridgehead atoms. The fraction of sp³-hybridized carbons (Fsp3) is 0.579. The van der Waals surface area contributed by atoms with E-state index in [2.05, 4.69) is 12.2 Å². The average Bonchev–Trinajstić information content (AvgIpc) is 3.04. The van der Waals surface area contributed by atoms with Gasteiger partial charge in [0.2, 0.25) is 5.91 Å². The first-order valence-corrected chi connectivity index (χ1v) is 9.98. The summed E-state index contributed by atoms with van der Waals surface area (Å²) in [5.41, 5.74) is 0.415. The number of carbonyl (C=O) groups excluding carboxylic acids is 2. The number of unbranched alkanes of at least 4 members (excludes halogenated alkanes) is 2. The van der Waals surface area contributed by atoms with Crippen LogP contribution in [0.2, 0.25) is 0 Å².